The van der Waals surface area contributed by atoms with Gasteiger partial charge in [0.05, 0.1) is 6.61 Å². The number of benzene rings is 1. The first-order valence-corrected chi connectivity index (χ1v) is 4.81. The van der Waals surface area contributed by atoms with Gasteiger partial charge < -0.3 is 15.6 Å². The zero-order chi connectivity index (χ0) is 10.9. The average molecular weight is 207 g/mol. The van der Waals surface area contributed by atoms with E-state index in [0.29, 0.717) is 13.0 Å². The number of ether oxygens (including phenoxy) is 1. The molecule has 3 N–H and O–H groups in total. The highest BCUT2D eigenvalue weighted by Gasteiger charge is 2.50. The second kappa shape index (κ2) is 3.64. The van der Waals surface area contributed by atoms with Gasteiger partial charge in [0.1, 0.15) is 11.6 Å². The highest BCUT2D eigenvalue weighted by atomic mass is 16.6. The summed E-state index contributed by atoms with van der Waals surface area (Å²) >= 11 is 0. The summed E-state index contributed by atoms with van der Waals surface area (Å²) in [5.74, 6) is -1.01. The minimum atomic E-state index is -1.29. The maximum atomic E-state index is 11.1. The van der Waals surface area contributed by atoms with Crippen molar-refractivity contribution in [3.63, 3.8) is 0 Å². The Labute approximate surface area is 87.7 Å². The Morgan fingerprint density at radius 3 is 2.60 bits per heavy atom. The van der Waals surface area contributed by atoms with Crippen LogP contribution in [0.4, 0.5) is 0 Å². The number of nitrogens with two attached hydrogens (primary N) is 1. The van der Waals surface area contributed by atoms with Crippen LogP contribution in [0.3, 0.4) is 0 Å². The lowest BCUT2D eigenvalue weighted by atomic mass is 9.89. The molecule has 15 heavy (non-hydrogen) atoms. The molecule has 0 aromatic heterocycles. The standard InChI is InChI=1S/C11H13NO3/c12-11(10(13)14,9-7-15-9)6-8-4-2-1-3-5-8/h1-5,9H,6-7,12H2,(H,13,14)/t9?,11-/m1/s1. The van der Waals surface area contributed by atoms with E-state index in [1.165, 1.54) is 0 Å². The van der Waals surface area contributed by atoms with Crippen LogP contribution in [0.5, 0.6) is 0 Å². The zero-order valence-corrected chi connectivity index (χ0v) is 8.22. The molecule has 1 unspecified atom stereocenters. The van der Waals surface area contributed by atoms with Crippen molar-refractivity contribution in [1.29, 1.82) is 0 Å². The third-order valence-corrected chi connectivity index (χ3v) is 2.65. The molecule has 0 radical (unpaired) electrons. The predicted molar refractivity (Wildman–Crippen MR) is 54.4 cm³/mol. The summed E-state index contributed by atoms with van der Waals surface area (Å²) in [5.41, 5.74) is 5.48. The maximum absolute atomic E-state index is 11.1. The van der Waals surface area contributed by atoms with Crippen molar-refractivity contribution in [1.82, 2.24) is 0 Å². The van der Waals surface area contributed by atoms with Crippen LogP contribution in [0.15, 0.2) is 30.3 Å². The molecule has 0 saturated carbocycles. The number of hydrogen-bond donors (Lipinski definition) is 2. The molecule has 2 rings (SSSR count). The molecule has 4 heteroatoms. The molecule has 0 amide bonds. The van der Waals surface area contributed by atoms with Crippen LogP contribution >= 0.6 is 0 Å². The molecular weight excluding hydrogens is 194 g/mol. The lowest BCUT2D eigenvalue weighted by Crippen LogP contribution is -2.54. The fourth-order valence-electron chi connectivity index (χ4n) is 1.61. The van der Waals surface area contributed by atoms with Gasteiger partial charge in [-0.1, -0.05) is 30.3 Å². The van der Waals surface area contributed by atoms with Crippen LogP contribution < -0.4 is 5.73 Å². The number of aliphatic carboxylic acids is 1. The van der Waals surface area contributed by atoms with E-state index >= 15 is 0 Å². The Bertz CT molecular complexity index is 361. The second-order valence-electron chi connectivity index (χ2n) is 3.83. The van der Waals surface area contributed by atoms with Crippen LogP contribution in [0.2, 0.25) is 0 Å². The number of carbonyl (C=O) groups is 1. The Hall–Kier alpha value is -1.39. The summed E-state index contributed by atoms with van der Waals surface area (Å²) in [6, 6.07) is 9.35. The van der Waals surface area contributed by atoms with Crippen LogP contribution in [-0.4, -0.2) is 29.3 Å². The first-order valence-electron chi connectivity index (χ1n) is 4.81. The third-order valence-electron chi connectivity index (χ3n) is 2.65. The van der Waals surface area contributed by atoms with Gasteiger partial charge in [0.15, 0.2) is 0 Å². The van der Waals surface area contributed by atoms with Crippen molar-refractivity contribution in [2.45, 2.75) is 18.1 Å². The molecule has 1 aliphatic heterocycles. The van der Waals surface area contributed by atoms with Gasteiger partial charge in [-0.2, -0.15) is 0 Å². The van der Waals surface area contributed by atoms with Gasteiger partial charge in [0, 0.05) is 6.42 Å². The first kappa shape index (κ1) is 10.1. The summed E-state index contributed by atoms with van der Waals surface area (Å²) in [4.78, 5) is 11.1. The number of epoxide rings is 1. The molecular formula is C11H13NO3. The Morgan fingerprint density at radius 2 is 2.13 bits per heavy atom. The highest BCUT2D eigenvalue weighted by molar-refractivity contribution is 5.80. The molecule has 0 bridgehead atoms. The van der Waals surface area contributed by atoms with E-state index in [-0.39, 0.29) is 6.10 Å². The van der Waals surface area contributed by atoms with Crippen LogP contribution in [0, 0.1) is 0 Å². The van der Waals surface area contributed by atoms with E-state index < -0.39 is 11.5 Å². The summed E-state index contributed by atoms with van der Waals surface area (Å²) in [6.45, 7) is 0.440. The van der Waals surface area contributed by atoms with Crippen LogP contribution in [0.1, 0.15) is 5.56 Å². The van der Waals surface area contributed by atoms with Crippen molar-refractivity contribution in [3.05, 3.63) is 35.9 Å². The lowest BCUT2D eigenvalue weighted by molar-refractivity contribution is -0.144. The maximum Gasteiger partial charge on any atom is 0.326 e. The average Bonchev–Trinajstić information content (AvgIpc) is 3.02. The summed E-state index contributed by atoms with van der Waals surface area (Å²) in [7, 11) is 0. The van der Waals surface area contributed by atoms with Crippen molar-refractivity contribution in [2.24, 2.45) is 5.73 Å². The van der Waals surface area contributed by atoms with Crippen molar-refractivity contribution >= 4 is 5.97 Å². The van der Waals surface area contributed by atoms with E-state index in [1.54, 1.807) is 0 Å². The molecule has 1 saturated heterocycles. The normalized spacial score (nSPS) is 23.1. The summed E-state index contributed by atoms with van der Waals surface area (Å²) in [6.07, 6.45) is -0.0522. The lowest BCUT2D eigenvalue weighted by Gasteiger charge is -2.22. The number of carboxylic acid groups (broad SMARTS) is 1. The Morgan fingerprint density at radius 1 is 1.53 bits per heavy atom. The van der Waals surface area contributed by atoms with E-state index in [2.05, 4.69) is 0 Å². The Balaban J connectivity index is 2.17. The predicted octanol–water partition coefficient (Wildman–Crippen LogP) is 0.410. The van der Waals surface area contributed by atoms with Gasteiger partial charge in [-0.05, 0) is 5.56 Å². The van der Waals surface area contributed by atoms with Gasteiger partial charge in [-0.3, -0.25) is 4.79 Å². The van der Waals surface area contributed by atoms with E-state index in [0.717, 1.165) is 5.56 Å². The smallest absolute Gasteiger partial charge is 0.326 e. The highest BCUT2D eigenvalue weighted by Crippen LogP contribution is 2.26. The second-order valence-corrected chi connectivity index (χ2v) is 3.83. The number of carboxylic acids is 1. The van der Waals surface area contributed by atoms with Crippen molar-refractivity contribution in [2.75, 3.05) is 6.61 Å². The minimum absolute atomic E-state index is 0.299. The molecule has 1 aromatic carbocycles. The number of hydrogen-bond acceptors (Lipinski definition) is 3. The van der Waals surface area contributed by atoms with E-state index in [9.17, 15) is 4.79 Å². The van der Waals surface area contributed by atoms with Gasteiger partial charge in [0.2, 0.25) is 0 Å². The Kier molecular flexibility index (Phi) is 2.46. The fraction of sp³-hybridized carbons (Fsp3) is 0.364. The topological polar surface area (TPSA) is 75.9 Å². The van der Waals surface area contributed by atoms with Crippen LogP contribution in [-0.2, 0) is 16.0 Å². The van der Waals surface area contributed by atoms with Crippen molar-refractivity contribution in [3.8, 4) is 0 Å². The SMILES string of the molecule is N[C@@](Cc1ccccc1)(C(=O)O)C1CO1. The molecule has 2 atom stereocenters. The monoisotopic (exact) mass is 207 g/mol. The molecule has 4 nitrogen and oxygen atoms in total. The van der Waals surface area contributed by atoms with Gasteiger partial charge in [-0.15, -0.1) is 0 Å². The summed E-state index contributed by atoms with van der Waals surface area (Å²) < 4.78 is 5.00. The van der Waals surface area contributed by atoms with Gasteiger partial charge >= 0.3 is 5.97 Å². The molecule has 1 aliphatic rings. The molecule has 0 aliphatic carbocycles. The quantitative estimate of drug-likeness (QED) is 0.701. The van der Waals surface area contributed by atoms with Crippen molar-refractivity contribution < 1.29 is 14.6 Å². The van der Waals surface area contributed by atoms with Gasteiger partial charge in [-0.25, -0.2) is 0 Å². The fourth-order valence-corrected chi connectivity index (χ4v) is 1.61. The van der Waals surface area contributed by atoms with E-state index in [1.807, 2.05) is 30.3 Å². The molecule has 0 spiro atoms. The first-order chi connectivity index (χ1) is 7.13. The molecule has 1 heterocycles. The molecule has 1 fully saturated rings. The minimum Gasteiger partial charge on any atom is -0.480 e. The zero-order valence-electron chi connectivity index (χ0n) is 8.22. The summed E-state index contributed by atoms with van der Waals surface area (Å²) in [5, 5.41) is 9.10. The van der Waals surface area contributed by atoms with Gasteiger partial charge in [0.25, 0.3) is 0 Å². The van der Waals surface area contributed by atoms with E-state index in [4.69, 9.17) is 15.6 Å². The van der Waals surface area contributed by atoms with Crippen LogP contribution in [0.25, 0.3) is 0 Å². The number of rotatable bonds is 4. The molecule has 80 valence electrons. The largest absolute Gasteiger partial charge is 0.480 e. The third kappa shape index (κ3) is 2.00. The molecule has 1 aromatic rings.